The van der Waals surface area contributed by atoms with Crippen molar-refractivity contribution >= 4 is 8.32 Å². The van der Waals surface area contributed by atoms with Gasteiger partial charge in [-0.15, -0.1) is 0 Å². The molecule has 2 saturated carbocycles. The van der Waals surface area contributed by atoms with Crippen molar-refractivity contribution in [3.8, 4) is 0 Å². The molecule has 2 heteroatoms. The first-order valence-corrected chi connectivity index (χ1v) is 18.6. The smallest absolute Gasteiger partial charge is 0.184 e. The minimum Gasteiger partial charge on any atom is -0.414 e. The maximum Gasteiger partial charge on any atom is 0.184 e. The van der Waals surface area contributed by atoms with Crippen molar-refractivity contribution in [2.75, 3.05) is 0 Å². The van der Waals surface area contributed by atoms with Crippen molar-refractivity contribution in [3.63, 3.8) is 0 Å². The van der Waals surface area contributed by atoms with Crippen LogP contribution in [0.15, 0.2) is 23.3 Å². The molecule has 0 radical (unpaired) electrons. The van der Waals surface area contributed by atoms with Gasteiger partial charge in [-0.05, 0) is 130 Å². The first-order chi connectivity index (χ1) is 16.1. The molecule has 0 aromatic carbocycles. The average Bonchev–Trinajstić information content (AvgIpc) is 3.04. The molecule has 4 aliphatic rings. The highest BCUT2D eigenvalue weighted by Gasteiger charge is 2.62. The van der Waals surface area contributed by atoms with Crippen molar-refractivity contribution < 1.29 is 4.43 Å². The third kappa shape index (κ3) is 4.60. The Balaban J connectivity index is 1.57. The van der Waals surface area contributed by atoms with Crippen molar-refractivity contribution in [2.45, 2.75) is 138 Å². The molecule has 0 saturated heterocycles. The highest BCUT2D eigenvalue weighted by atomic mass is 28.4. The van der Waals surface area contributed by atoms with E-state index in [4.69, 9.17) is 4.43 Å². The normalized spacial score (nSPS) is 42.5. The third-order valence-electron chi connectivity index (χ3n) is 12.3. The second kappa shape index (κ2) is 9.44. The van der Waals surface area contributed by atoms with E-state index in [9.17, 15) is 0 Å². The molecule has 0 amide bonds. The molecular weight excluding hydrogens is 440 g/mol. The molecule has 8 unspecified atom stereocenters. The van der Waals surface area contributed by atoms with E-state index in [1.807, 2.05) is 11.1 Å². The van der Waals surface area contributed by atoms with Gasteiger partial charge in [0.15, 0.2) is 8.32 Å². The second-order valence-corrected chi connectivity index (χ2v) is 19.9. The predicted molar refractivity (Wildman–Crippen MR) is 155 cm³/mol. The summed E-state index contributed by atoms with van der Waals surface area (Å²) in [6, 6.07) is 0. The van der Waals surface area contributed by atoms with E-state index >= 15 is 0 Å². The third-order valence-corrected chi connectivity index (χ3v) is 13.3. The van der Waals surface area contributed by atoms with E-state index in [0.29, 0.717) is 34.2 Å². The zero-order valence-corrected chi connectivity index (χ0v) is 26.2. The van der Waals surface area contributed by atoms with E-state index in [1.54, 1.807) is 0 Å². The Kier molecular flexibility index (Phi) is 7.47. The molecule has 0 spiro atoms. The van der Waals surface area contributed by atoms with Gasteiger partial charge < -0.3 is 4.43 Å². The summed E-state index contributed by atoms with van der Waals surface area (Å²) in [5, 5.41) is 0. The van der Waals surface area contributed by atoms with Crippen LogP contribution in [0.4, 0.5) is 0 Å². The zero-order chi connectivity index (χ0) is 26.0. The van der Waals surface area contributed by atoms with Gasteiger partial charge in [0.1, 0.15) is 0 Å². The Hall–Kier alpha value is -0.343. The SMILES string of the molecule is C=C(CCC(C)C1CCC2(C)C3=C(CCC12C)C1(C)CCC(O[Si](C)(C)C)C(C)C1CC3)C(C)C. The van der Waals surface area contributed by atoms with Gasteiger partial charge in [0.05, 0.1) is 0 Å². The summed E-state index contributed by atoms with van der Waals surface area (Å²) in [6.45, 7) is 29.3. The zero-order valence-electron chi connectivity index (χ0n) is 25.2. The van der Waals surface area contributed by atoms with Crippen LogP contribution in [0.3, 0.4) is 0 Å². The average molecular weight is 499 g/mol. The summed E-state index contributed by atoms with van der Waals surface area (Å²) in [7, 11) is -1.50. The summed E-state index contributed by atoms with van der Waals surface area (Å²) >= 11 is 0. The predicted octanol–water partition coefficient (Wildman–Crippen LogP) is 10.2. The van der Waals surface area contributed by atoms with Gasteiger partial charge in [0, 0.05) is 6.10 Å². The first kappa shape index (κ1) is 27.7. The van der Waals surface area contributed by atoms with E-state index < -0.39 is 8.32 Å². The number of hydrogen-bond acceptors (Lipinski definition) is 1. The van der Waals surface area contributed by atoms with Gasteiger partial charge in [-0.2, -0.15) is 0 Å². The summed E-state index contributed by atoms with van der Waals surface area (Å²) in [5.74, 6) is 3.80. The van der Waals surface area contributed by atoms with Crippen molar-refractivity contribution in [1.29, 1.82) is 0 Å². The fourth-order valence-electron chi connectivity index (χ4n) is 9.76. The van der Waals surface area contributed by atoms with Crippen LogP contribution < -0.4 is 0 Å². The molecule has 0 bridgehead atoms. The van der Waals surface area contributed by atoms with Gasteiger partial charge >= 0.3 is 0 Å². The molecule has 1 nitrogen and oxygen atoms in total. The molecule has 0 heterocycles. The molecule has 200 valence electrons. The molecule has 2 fully saturated rings. The van der Waals surface area contributed by atoms with Crippen LogP contribution in [0.25, 0.3) is 0 Å². The first-order valence-electron chi connectivity index (χ1n) is 15.2. The van der Waals surface area contributed by atoms with Crippen LogP contribution in [0, 0.1) is 45.8 Å². The highest BCUT2D eigenvalue weighted by Crippen LogP contribution is 2.71. The summed E-state index contributed by atoms with van der Waals surface area (Å²) in [5.41, 5.74) is 6.60. The molecule has 4 rings (SSSR count). The standard InChI is InChI=1S/C33H58OSi/c1-22(2)23(3)12-13-24(4)26-16-20-33(8)29-15-14-27-25(5)30(34-35(9,10)11)18-19-31(27,6)28(29)17-21-32(26,33)7/h22,24-27,30H,3,12-21H2,1-2,4-11H3. The van der Waals surface area contributed by atoms with Crippen molar-refractivity contribution in [1.82, 2.24) is 0 Å². The molecule has 0 aromatic rings. The quantitative estimate of drug-likeness (QED) is 0.250. The Morgan fingerprint density at radius 3 is 2.29 bits per heavy atom. The van der Waals surface area contributed by atoms with Crippen LogP contribution >= 0.6 is 0 Å². The van der Waals surface area contributed by atoms with Crippen LogP contribution in [-0.4, -0.2) is 14.4 Å². The van der Waals surface area contributed by atoms with Crippen LogP contribution in [0.1, 0.15) is 113 Å². The minimum absolute atomic E-state index is 0.412. The minimum atomic E-state index is -1.50. The lowest BCUT2D eigenvalue weighted by molar-refractivity contribution is -0.0344. The summed E-state index contributed by atoms with van der Waals surface area (Å²) in [6.07, 6.45) is 14.0. The largest absolute Gasteiger partial charge is 0.414 e. The van der Waals surface area contributed by atoms with Crippen LogP contribution in [0.2, 0.25) is 19.6 Å². The Morgan fingerprint density at radius 2 is 1.66 bits per heavy atom. The molecule has 8 atom stereocenters. The highest BCUT2D eigenvalue weighted by molar-refractivity contribution is 6.69. The lowest BCUT2D eigenvalue weighted by atomic mass is 9.45. The monoisotopic (exact) mass is 498 g/mol. The molecule has 4 aliphatic carbocycles. The van der Waals surface area contributed by atoms with E-state index in [-0.39, 0.29) is 0 Å². The number of rotatable bonds is 7. The van der Waals surface area contributed by atoms with Gasteiger partial charge in [0.2, 0.25) is 0 Å². The van der Waals surface area contributed by atoms with Crippen molar-refractivity contribution in [3.05, 3.63) is 23.3 Å². The summed E-state index contributed by atoms with van der Waals surface area (Å²) in [4.78, 5) is 0. The Labute approximate surface area is 220 Å². The summed E-state index contributed by atoms with van der Waals surface area (Å²) < 4.78 is 6.74. The maximum absolute atomic E-state index is 6.74. The Morgan fingerprint density at radius 1 is 0.971 bits per heavy atom. The van der Waals surface area contributed by atoms with Gasteiger partial charge in [-0.1, -0.05) is 71.8 Å². The fraction of sp³-hybridized carbons (Fsp3) is 0.879. The number of hydrogen-bond donors (Lipinski definition) is 0. The number of allylic oxidation sites excluding steroid dienone is 3. The molecular formula is C33H58OSi. The maximum atomic E-state index is 6.74. The van der Waals surface area contributed by atoms with Crippen LogP contribution in [-0.2, 0) is 4.43 Å². The van der Waals surface area contributed by atoms with Crippen LogP contribution in [0.5, 0.6) is 0 Å². The van der Waals surface area contributed by atoms with Crippen molar-refractivity contribution in [2.24, 2.45) is 45.8 Å². The molecule has 0 N–H and O–H groups in total. The lowest BCUT2D eigenvalue weighted by Gasteiger charge is -2.60. The van der Waals surface area contributed by atoms with Gasteiger partial charge in [-0.3, -0.25) is 0 Å². The fourth-order valence-corrected chi connectivity index (χ4v) is 11.0. The van der Waals surface area contributed by atoms with E-state index in [2.05, 4.69) is 74.7 Å². The van der Waals surface area contributed by atoms with E-state index in [0.717, 1.165) is 17.8 Å². The Bertz CT molecular complexity index is 848. The van der Waals surface area contributed by atoms with E-state index in [1.165, 1.54) is 69.8 Å². The molecule has 35 heavy (non-hydrogen) atoms. The lowest BCUT2D eigenvalue weighted by Crippen LogP contribution is -2.53. The number of fused-ring (bicyclic) bond motifs is 4. The molecule has 0 aliphatic heterocycles. The second-order valence-electron chi connectivity index (χ2n) is 15.4. The van der Waals surface area contributed by atoms with Gasteiger partial charge in [-0.25, -0.2) is 0 Å². The molecule has 0 aromatic heterocycles. The topological polar surface area (TPSA) is 9.23 Å². The van der Waals surface area contributed by atoms with Gasteiger partial charge in [0.25, 0.3) is 0 Å².